The smallest absolute Gasteiger partial charge is 0.398 e. The zero-order valence-corrected chi connectivity index (χ0v) is 10.9. The lowest BCUT2D eigenvalue weighted by Gasteiger charge is -2.13. The number of nitrogens with one attached hydrogen (secondary N) is 1. The van der Waals surface area contributed by atoms with Gasteiger partial charge in [0, 0.05) is 18.9 Å². The predicted octanol–water partition coefficient (Wildman–Crippen LogP) is 1.91. The van der Waals surface area contributed by atoms with Gasteiger partial charge < -0.3 is 11.1 Å². The molecule has 8 heteroatoms. The Balaban J connectivity index is 2.05. The Morgan fingerprint density at radius 2 is 2.10 bits per heavy atom. The number of nitrogens with zero attached hydrogens (tertiary/aromatic N) is 2. The van der Waals surface area contributed by atoms with Crippen molar-refractivity contribution >= 4 is 11.6 Å². The molecule has 5 nitrogen and oxygen atoms in total. The second kappa shape index (κ2) is 5.86. The van der Waals surface area contributed by atoms with Crippen LogP contribution in [0.25, 0.3) is 0 Å². The summed E-state index contributed by atoms with van der Waals surface area (Å²) in [7, 11) is 0. The highest BCUT2D eigenvalue weighted by Crippen LogP contribution is 2.34. The van der Waals surface area contributed by atoms with E-state index in [1.165, 1.54) is 6.07 Å². The second-order valence-electron chi connectivity index (χ2n) is 4.29. The number of nitrogens with two attached hydrogens (primary N) is 1. The van der Waals surface area contributed by atoms with E-state index in [4.69, 9.17) is 5.73 Å². The molecule has 2 rings (SSSR count). The Labute approximate surface area is 118 Å². The van der Waals surface area contributed by atoms with E-state index in [-0.39, 0.29) is 12.1 Å². The average molecular weight is 298 g/mol. The van der Waals surface area contributed by atoms with Gasteiger partial charge in [0.25, 0.3) is 5.91 Å². The van der Waals surface area contributed by atoms with Crippen LogP contribution in [0.15, 0.2) is 36.7 Å². The molecule has 0 spiro atoms. The van der Waals surface area contributed by atoms with Crippen molar-refractivity contribution < 1.29 is 18.0 Å². The standard InChI is InChI=1S/C13H13F3N4O/c14-13(15,16)10-4-1-3-9(11(10)17)12(21)18-6-8-20-7-2-5-19-20/h1-5,7H,6,8,17H2,(H,18,21). The van der Waals surface area contributed by atoms with Crippen LogP contribution in [-0.4, -0.2) is 22.2 Å². The SMILES string of the molecule is Nc1c(C(=O)NCCn2cccn2)cccc1C(F)(F)F. The predicted molar refractivity (Wildman–Crippen MR) is 70.4 cm³/mol. The van der Waals surface area contributed by atoms with Gasteiger partial charge in [-0.2, -0.15) is 18.3 Å². The lowest BCUT2D eigenvalue weighted by Crippen LogP contribution is -2.28. The number of hydrogen-bond acceptors (Lipinski definition) is 3. The molecule has 0 radical (unpaired) electrons. The number of carbonyl (C=O) groups is 1. The number of carbonyl (C=O) groups excluding carboxylic acids is 1. The van der Waals surface area contributed by atoms with Crippen LogP contribution >= 0.6 is 0 Å². The molecular weight excluding hydrogens is 285 g/mol. The summed E-state index contributed by atoms with van der Waals surface area (Å²) < 4.78 is 39.7. The summed E-state index contributed by atoms with van der Waals surface area (Å²) in [5.74, 6) is -0.647. The molecule has 0 atom stereocenters. The molecule has 0 aliphatic rings. The topological polar surface area (TPSA) is 72.9 Å². The zero-order valence-electron chi connectivity index (χ0n) is 10.9. The van der Waals surface area contributed by atoms with E-state index in [9.17, 15) is 18.0 Å². The molecular formula is C13H13F3N4O. The molecule has 1 amide bonds. The Morgan fingerprint density at radius 1 is 1.33 bits per heavy atom. The van der Waals surface area contributed by atoms with Crippen molar-refractivity contribution in [2.75, 3.05) is 12.3 Å². The lowest BCUT2D eigenvalue weighted by molar-refractivity contribution is -0.136. The summed E-state index contributed by atoms with van der Waals surface area (Å²) in [5.41, 5.74) is 3.67. The number of alkyl halides is 3. The summed E-state index contributed by atoms with van der Waals surface area (Å²) >= 11 is 0. The first kappa shape index (κ1) is 14.9. The van der Waals surface area contributed by atoms with E-state index >= 15 is 0 Å². The highest BCUT2D eigenvalue weighted by atomic mass is 19.4. The van der Waals surface area contributed by atoms with Gasteiger partial charge in [0.2, 0.25) is 0 Å². The van der Waals surface area contributed by atoms with Crippen LogP contribution in [0, 0.1) is 0 Å². The molecule has 1 heterocycles. The van der Waals surface area contributed by atoms with Crippen LogP contribution in [0.4, 0.5) is 18.9 Å². The molecule has 3 N–H and O–H groups in total. The number of aromatic nitrogens is 2. The minimum Gasteiger partial charge on any atom is -0.398 e. The van der Waals surface area contributed by atoms with Crippen LogP contribution in [0.3, 0.4) is 0 Å². The maximum atomic E-state index is 12.7. The minimum atomic E-state index is -4.59. The van der Waals surface area contributed by atoms with Gasteiger partial charge >= 0.3 is 6.18 Å². The molecule has 0 saturated carbocycles. The third-order valence-corrected chi connectivity index (χ3v) is 2.84. The normalized spacial score (nSPS) is 11.4. The number of anilines is 1. The van der Waals surface area contributed by atoms with Crippen molar-refractivity contribution in [1.29, 1.82) is 0 Å². The van der Waals surface area contributed by atoms with Gasteiger partial charge in [-0.3, -0.25) is 9.48 Å². The summed E-state index contributed by atoms with van der Waals surface area (Å²) in [6, 6.07) is 4.98. The van der Waals surface area contributed by atoms with Gasteiger partial charge in [0.1, 0.15) is 0 Å². The summed E-state index contributed by atoms with van der Waals surface area (Å²) in [6.45, 7) is 0.647. The van der Waals surface area contributed by atoms with Crippen LogP contribution in [-0.2, 0) is 12.7 Å². The first-order chi connectivity index (χ1) is 9.89. The minimum absolute atomic E-state index is 0.190. The summed E-state index contributed by atoms with van der Waals surface area (Å²) in [6.07, 6.45) is -1.28. The highest BCUT2D eigenvalue weighted by molar-refractivity contribution is 5.99. The van der Waals surface area contributed by atoms with Gasteiger partial charge in [0.15, 0.2) is 0 Å². The molecule has 0 saturated heterocycles. The maximum absolute atomic E-state index is 12.7. The third kappa shape index (κ3) is 3.53. The molecule has 0 bridgehead atoms. The fraction of sp³-hybridized carbons (Fsp3) is 0.231. The number of nitrogen functional groups attached to an aromatic ring is 1. The molecule has 112 valence electrons. The third-order valence-electron chi connectivity index (χ3n) is 2.84. The van der Waals surface area contributed by atoms with Gasteiger partial charge in [0.05, 0.1) is 23.4 Å². The average Bonchev–Trinajstić information content (AvgIpc) is 2.90. The maximum Gasteiger partial charge on any atom is 0.418 e. The van der Waals surface area contributed by atoms with Crippen LogP contribution in [0.2, 0.25) is 0 Å². The molecule has 0 fully saturated rings. The van der Waals surface area contributed by atoms with Gasteiger partial charge in [-0.25, -0.2) is 0 Å². The Morgan fingerprint density at radius 3 is 2.71 bits per heavy atom. The second-order valence-corrected chi connectivity index (χ2v) is 4.29. The first-order valence-corrected chi connectivity index (χ1v) is 6.11. The number of benzene rings is 1. The van der Waals surface area contributed by atoms with E-state index in [0.717, 1.165) is 12.1 Å². The number of para-hydroxylation sites is 1. The zero-order chi connectivity index (χ0) is 15.5. The number of amides is 1. The van der Waals surface area contributed by atoms with Crippen molar-refractivity contribution in [3.8, 4) is 0 Å². The number of hydrogen-bond donors (Lipinski definition) is 2. The van der Waals surface area contributed by atoms with Crippen molar-refractivity contribution in [1.82, 2.24) is 15.1 Å². The van der Waals surface area contributed by atoms with Crippen LogP contribution in [0.5, 0.6) is 0 Å². The molecule has 21 heavy (non-hydrogen) atoms. The Hall–Kier alpha value is -2.51. The van der Waals surface area contributed by atoms with E-state index in [1.807, 2.05) is 0 Å². The van der Waals surface area contributed by atoms with Crippen molar-refractivity contribution in [2.45, 2.75) is 12.7 Å². The number of rotatable bonds is 4. The van der Waals surface area contributed by atoms with Crippen molar-refractivity contribution in [2.24, 2.45) is 0 Å². The van der Waals surface area contributed by atoms with E-state index in [0.29, 0.717) is 6.54 Å². The van der Waals surface area contributed by atoms with Crippen LogP contribution < -0.4 is 11.1 Å². The molecule has 0 aliphatic heterocycles. The van der Waals surface area contributed by atoms with Crippen molar-refractivity contribution in [3.63, 3.8) is 0 Å². The van der Waals surface area contributed by atoms with E-state index in [1.54, 1.807) is 23.1 Å². The van der Waals surface area contributed by atoms with Crippen molar-refractivity contribution in [3.05, 3.63) is 47.8 Å². The fourth-order valence-corrected chi connectivity index (χ4v) is 1.82. The molecule has 0 unspecified atom stereocenters. The van der Waals surface area contributed by atoms with E-state index < -0.39 is 23.3 Å². The van der Waals surface area contributed by atoms with Crippen LogP contribution in [0.1, 0.15) is 15.9 Å². The molecule has 1 aromatic heterocycles. The van der Waals surface area contributed by atoms with Gasteiger partial charge in [-0.15, -0.1) is 0 Å². The Kier molecular flexibility index (Phi) is 4.15. The van der Waals surface area contributed by atoms with Gasteiger partial charge in [-0.1, -0.05) is 6.07 Å². The molecule has 0 aliphatic carbocycles. The fourth-order valence-electron chi connectivity index (χ4n) is 1.82. The summed E-state index contributed by atoms with van der Waals surface area (Å²) in [4.78, 5) is 11.9. The monoisotopic (exact) mass is 298 g/mol. The first-order valence-electron chi connectivity index (χ1n) is 6.11. The largest absolute Gasteiger partial charge is 0.418 e. The highest BCUT2D eigenvalue weighted by Gasteiger charge is 2.34. The quantitative estimate of drug-likeness (QED) is 0.847. The molecule has 1 aromatic carbocycles. The number of halogens is 3. The lowest BCUT2D eigenvalue weighted by atomic mass is 10.1. The Bertz CT molecular complexity index is 623. The summed E-state index contributed by atoms with van der Waals surface area (Å²) in [5, 5.41) is 6.45. The van der Waals surface area contributed by atoms with E-state index in [2.05, 4.69) is 10.4 Å². The van der Waals surface area contributed by atoms with Gasteiger partial charge in [-0.05, 0) is 18.2 Å². The molecule has 2 aromatic rings.